The van der Waals surface area contributed by atoms with Crippen molar-refractivity contribution in [3.05, 3.63) is 63.4 Å². The maximum Gasteiger partial charge on any atom is 0.243 e. The number of benzene rings is 2. The number of aromatic nitrogens is 2. The summed E-state index contributed by atoms with van der Waals surface area (Å²) in [7, 11) is 0. The Labute approximate surface area is 187 Å². The van der Waals surface area contributed by atoms with E-state index in [4.69, 9.17) is 16.1 Å². The molecule has 1 heterocycles. The van der Waals surface area contributed by atoms with Crippen molar-refractivity contribution in [3.63, 3.8) is 0 Å². The van der Waals surface area contributed by atoms with Crippen LogP contribution in [0, 0.1) is 6.92 Å². The molecule has 9 heteroatoms. The van der Waals surface area contributed by atoms with Gasteiger partial charge >= 0.3 is 0 Å². The second kappa shape index (κ2) is 10.4. The molecule has 0 radical (unpaired) electrons. The van der Waals surface area contributed by atoms with Gasteiger partial charge in [-0.1, -0.05) is 32.7 Å². The highest BCUT2D eigenvalue weighted by atomic mass is 79.9. The highest BCUT2D eigenvalue weighted by molar-refractivity contribution is 9.10. The second-order valence-electron chi connectivity index (χ2n) is 6.66. The number of nitrogens with zero attached hydrogens (tertiary/aromatic N) is 2. The average Bonchev–Trinajstić information content (AvgIpc) is 3.18. The first kappa shape index (κ1) is 22.0. The zero-order valence-corrected chi connectivity index (χ0v) is 18.6. The molecule has 0 unspecified atom stereocenters. The van der Waals surface area contributed by atoms with Crippen LogP contribution in [0.15, 0.2) is 51.5 Å². The predicted octanol–water partition coefficient (Wildman–Crippen LogP) is 4.54. The van der Waals surface area contributed by atoms with Crippen molar-refractivity contribution in [2.75, 3.05) is 11.9 Å². The van der Waals surface area contributed by atoms with Crippen LogP contribution in [0.2, 0.25) is 5.02 Å². The Bertz CT molecular complexity index is 1040. The number of carbonyl (C=O) groups excluding carboxylic acids is 2. The minimum absolute atomic E-state index is 0.0877. The van der Waals surface area contributed by atoms with Gasteiger partial charge in [0.1, 0.15) is 0 Å². The fourth-order valence-corrected chi connectivity index (χ4v) is 3.30. The topological polar surface area (TPSA) is 97.1 Å². The van der Waals surface area contributed by atoms with E-state index in [1.807, 2.05) is 37.3 Å². The number of nitrogens with one attached hydrogen (secondary N) is 2. The van der Waals surface area contributed by atoms with Crippen molar-refractivity contribution in [1.29, 1.82) is 0 Å². The lowest BCUT2D eigenvalue weighted by Crippen LogP contribution is -2.32. The predicted molar refractivity (Wildman–Crippen MR) is 118 cm³/mol. The van der Waals surface area contributed by atoms with Crippen molar-refractivity contribution in [2.45, 2.75) is 26.2 Å². The third-order valence-corrected chi connectivity index (χ3v) is 5.02. The molecule has 2 amide bonds. The van der Waals surface area contributed by atoms with E-state index in [9.17, 15) is 9.59 Å². The molecule has 1 aromatic heterocycles. The van der Waals surface area contributed by atoms with Gasteiger partial charge in [0, 0.05) is 33.6 Å². The number of carbonyl (C=O) groups is 2. The molecular weight excluding hydrogens is 472 g/mol. The largest absolute Gasteiger partial charge is 0.347 e. The van der Waals surface area contributed by atoms with E-state index in [1.165, 1.54) is 0 Å². The monoisotopic (exact) mass is 490 g/mol. The second-order valence-corrected chi connectivity index (χ2v) is 8.01. The van der Waals surface area contributed by atoms with Crippen LogP contribution < -0.4 is 10.6 Å². The molecule has 7 nitrogen and oxygen atoms in total. The zero-order chi connectivity index (χ0) is 21.5. The van der Waals surface area contributed by atoms with Crippen LogP contribution in [0.25, 0.3) is 11.4 Å². The summed E-state index contributed by atoms with van der Waals surface area (Å²) in [5.41, 5.74) is 2.45. The summed E-state index contributed by atoms with van der Waals surface area (Å²) in [6.45, 7) is 1.81. The lowest BCUT2D eigenvalue weighted by Gasteiger charge is -2.09. The van der Waals surface area contributed by atoms with E-state index >= 15 is 0 Å². The normalized spacial score (nSPS) is 10.6. The van der Waals surface area contributed by atoms with Gasteiger partial charge in [-0.3, -0.25) is 9.59 Å². The molecule has 0 aliphatic heterocycles. The van der Waals surface area contributed by atoms with Crippen LogP contribution in [0.4, 0.5) is 5.69 Å². The van der Waals surface area contributed by atoms with Gasteiger partial charge in [-0.05, 0) is 61.4 Å². The molecule has 0 atom stereocenters. The molecule has 2 aromatic carbocycles. The first-order chi connectivity index (χ1) is 14.4. The first-order valence-electron chi connectivity index (χ1n) is 9.32. The Balaban J connectivity index is 1.39. The Kier molecular flexibility index (Phi) is 7.59. The number of halogens is 2. The standard InChI is InChI=1S/C21H20BrClN4O3/c1-13-11-15(22)7-10-17(13)25-19(29)12-24-18(28)3-2-4-20-26-21(27-30-20)14-5-8-16(23)9-6-14/h5-11H,2-4,12H2,1H3,(H,24,28)(H,25,29). The summed E-state index contributed by atoms with van der Waals surface area (Å²) in [6.07, 6.45) is 1.25. The maximum atomic E-state index is 12.0. The van der Waals surface area contributed by atoms with Crippen LogP contribution in [0.5, 0.6) is 0 Å². The SMILES string of the molecule is Cc1cc(Br)ccc1NC(=O)CNC(=O)CCCc1nc(-c2ccc(Cl)cc2)no1. The molecule has 0 saturated heterocycles. The Morgan fingerprint density at radius 2 is 1.90 bits per heavy atom. The molecule has 3 rings (SSSR count). The van der Waals surface area contributed by atoms with Crippen LogP contribution in [-0.2, 0) is 16.0 Å². The summed E-state index contributed by atoms with van der Waals surface area (Å²) in [5, 5.41) is 9.97. The van der Waals surface area contributed by atoms with E-state index in [2.05, 4.69) is 36.7 Å². The fourth-order valence-electron chi connectivity index (χ4n) is 2.70. The number of amides is 2. The summed E-state index contributed by atoms with van der Waals surface area (Å²) in [5.74, 6) is 0.440. The zero-order valence-electron chi connectivity index (χ0n) is 16.2. The molecule has 0 aliphatic carbocycles. The maximum absolute atomic E-state index is 12.0. The third-order valence-electron chi connectivity index (χ3n) is 4.27. The van der Waals surface area contributed by atoms with Crippen LogP contribution >= 0.6 is 27.5 Å². The van der Waals surface area contributed by atoms with Crippen molar-refractivity contribution >= 4 is 45.0 Å². The van der Waals surface area contributed by atoms with E-state index < -0.39 is 0 Å². The smallest absolute Gasteiger partial charge is 0.243 e. The number of hydrogen-bond acceptors (Lipinski definition) is 5. The van der Waals surface area contributed by atoms with E-state index in [-0.39, 0.29) is 24.8 Å². The van der Waals surface area contributed by atoms with Gasteiger partial charge in [0.25, 0.3) is 0 Å². The summed E-state index contributed by atoms with van der Waals surface area (Å²) >= 11 is 9.25. The molecule has 30 heavy (non-hydrogen) atoms. The van der Waals surface area contributed by atoms with Crippen molar-refractivity contribution in [2.24, 2.45) is 0 Å². The molecule has 0 bridgehead atoms. The summed E-state index contributed by atoms with van der Waals surface area (Å²) < 4.78 is 6.16. The minimum Gasteiger partial charge on any atom is -0.347 e. The van der Waals surface area contributed by atoms with Gasteiger partial charge in [-0.15, -0.1) is 0 Å². The Morgan fingerprint density at radius 3 is 2.63 bits per heavy atom. The summed E-state index contributed by atoms with van der Waals surface area (Å²) in [6, 6.07) is 12.7. The summed E-state index contributed by atoms with van der Waals surface area (Å²) in [4.78, 5) is 28.3. The van der Waals surface area contributed by atoms with E-state index in [0.29, 0.717) is 35.3 Å². The minimum atomic E-state index is -0.279. The Hall–Kier alpha value is -2.71. The van der Waals surface area contributed by atoms with Gasteiger partial charge in [-0.2, -0.15) is 4.98 Å². The molecule has 0 aliphatic rings. The van der Waals surface area contributed by atoms with E-state index in [1.54, 1.807) is 12.1 Å². The van der Waals surface area contributed by atoms with Gasteiger partial charge < -0.3 is 15.2 Å². The highest BCUT2D eigenvalue weighted by Gasteiger charge is 2.11. The van der Waals surface area contributed by atoms with E-state index in [0.717, 1.165) is 15.6 Å². The molecule has 3 aromatic rings. The van der Waals surface area contributed by atoms with Crippen molar-refractivity contribution in [3.8, 4) is 11.4 Å². The average molecular weight is 492 g/mol. The van der Waals surface area contributed by atoms with Gasteiger partial charge in [0.2, 0.25) is 23.5 Å². The molecule has 0 saturated carbocycles. The van der Waals surface area contributed by atoms with Crippen LogP contribution in [-0.4, -0.2) is 28.5 Å². The van der Waals surface area contributed by atoms with Gasteiger partial charge in [0.05, 0.1) is 6.54 Å². The fraction of sp³-hybridized carbons (Fsp3) is 0.238. The molecule has 2 N–H and O–H groups in total. The number of rotatable bonds is 8. The van der Waals surface area contributed by atoms with Crippen molar-refractivity contribution < 1.29 is 14.1 Å². The van der Waals surface area contributed by atoms with Crippen LogP contribution in [0.3, 0.4) is 0 Å². The first-order valence-corrected chi connectivity index (χ1v) is 10.5. The number of anilines is 1. The van der Waals surface area contributed by atoms with Gasteiger partial charge in [0.15, 0.2) is 0 Å². The molecule has 0 spiro atoms. The number of hydrogen-bond donors (Lipinski definition) is 2. The van der Waals surface area contributed by atoms with Crippen molar-refractivity contribution in [1.82, 2.24) is 15.5 Å². The highest BCUT2D eigenvalue weighted by Crippen LogP contribution is 2.20. The Morgan fingerprint density at radius 1 is 1.13 bits per heavy atom. The number of aryl methyl sites for hydroxylation is 2. The molecular formula is C21H20BrClN4O3. The third kappa shape index (κ3) is 6.40. The van der Waals surface area contributed by atoms with Gasteiger partial charge in [-0.25, -0.2) is 0 Å². The molecule has 156 valence electrons. The lowest BCUT2D eigenvalue weighted by molar-refractivity contribution is -0.124. The lowest BCUT2D eigenvalue weighted by atomic mass is 10.2. The molecule has 0 fully saturated rings. The quantitative estimate of drug-likeness (QED) is 0.482. The van der Waals surface area contributed by atoms with Crippen LogP contribution in [0.1, 0.15) is 24.3 Å².